The molecular weight excluding hydrogens is 440 g/mol. The van der Waals surface area contributed by atoms with Crippen LogP contribution in [-0.2, 0) is 10.0 Å². The molecule has 162 valence electrons. The molecule has 0 unspecified atom stereocenters. The number of hydrogen-bond donors (Lipinski definition) is 2. The van der Waals surface area contributed by atoms with Crippen LogP contribution in [0.25, 0.3) is 5.69 Å². The van der Waals surface area contributed by atoms with E-state index in [0.29, 0.717) is 17.4 Å². The predicted octanol–water partition coefficient (Wildman–Crippen LogP) is 3.60. The van der Waals surface area contributed by atoms with Crippen molar-refractivity contribution in [2.24, 2.45) is 0 Å². The van der Waals surface area contributed by atoms with E-state index in [4.69, 9.17) is 0 Å². The lowest BCUT2D eigenvalue weighted by Gasteiger charge is -2.09. The Labute approximate surface area is 181 Å². The molecule has 3 aromatic carbocycles. The first kappa shape index (κ1) is 21.1. The van der Waals surface area contributed by atoms with Crippen molar-refractivity contribution >= 4 is 27.3 Å². The summed E-state index contributed by atoms with van der Waals surface area (Å²) in [6.07, 6.45) is 1.33. The zero-order valence-corrected chi connectivity index (χ0v) is 17.1. The van der Waals surface area contributed by atoms with Gasteiger partial charge in [0, 0.05) is 11.4 Å². The molecule has 0 atom stereocenters. The molecule has 2 N–H and O–H groups in total. The third-order valence-electron chi connectivity index (χ3n) is 4.31. The van der Waals surface area contributed by atoms with Crippen LogP contribution in [0.4, 0.5) is 20.2 Å². The first-order valence-corrected chi connectivity index (χ1v) is 10.7. The third kappa shape index (κ3) is 4.62. The molecule has 0 aliphatic heterocycles. The van der Waals surface area contributed by atoms with Gasteiger partial charge in [0.25, 0.3) is 15.9 Å². The second-order valence-electron chi connectivity index (χ2n) is 6.57. The summed E-state index contributed by atoms with van der Waals surface area (Å²) in [4.78, 5) is 13.3. The first-order chi connectivity index (χ1) is 15.3. The number of halogens is 2. The van der Waals surface area contributed by atoms with E-state index in [1.54, 1.807) is 12.1 Å². The van der Waals surface area contributed by atoms with Crippen molar-refractivity contribution in [3.63, 3.8) is 0 Å². The zero-order chi connectivity index (χ0) is 22.7. The van der Waals surface area contributed by atoms with E-state index >= 15 is 0 Å². The van der Waals surface area contributed by atoms with E-state index in [9.17, 15) is 22.0 Å². The van der Waals surface area contributed by atoms with Gasteiger partial charge < -0.3 is 5.32 Å². The summed E-state index contributed by atoms with van der Waals surface area (Å²) >= 11 is 0. The standard InChI is InChI=1S/C21H15F2N5O3S/c22-18-11-10-17(12-19(18)23)32(30,31)27-15-8-6-14(7-9-15)25-21(29)20-13-24-28(26-20)16-4-2-1-3-5-16/h1-13,27H,(H,25,29). The summed E-state index contributed by atoms with van der Waals surface area (Å²) in [6.45, 7) is 0. The van der Waals surface area contributed by atoms with E-state index in [1.165, 1.54) is 35.3 Å². The van der Waals surface area contributed by atoms with Gasteiger partial charge in [0.1, 0.15) is 0 Å². The van der Waals surface area contributed by atoms with E-state index in [-0.39, 0.29) is 11.4 Å². The van der Waals surface area contributed by atoms with Crippen LogP contribution < -0.4 is 10.0 Å². The van der Waals surface area contributed by atoms with Crippen LogP contribution in [0.15, 0.2) is 83.9 Å². The van der Waals surface area contributed by atoms with Crippen LogP contribution in [0.5, 0.6) is 0 Å². The van der Waals surface area contributed by atoms with Crippen LogP contribution in [0.1, 0.15) is 10.5 Å². The molecule has 0 spiro atoms. The maximum absolute atomic E-state index is 13.3. The molecule has 0 fully saturated rings. The number of carbonyl (C=O) groups excluding carboxylic acids is 1. The summed E-state index contributed by atoms with van der Waals surface area (Å²) in [6, 6.07) is 17.1. The second-order valence-corrected chi connectivity index (χ2v) is 8.25. The number of nitrogens with one attached hydrogen (secondary N) is 2. The van der Waals surface area contributed by atoms with Gasteiger partial charge in [0.2, 0.25) is 0 Å². The molecule has 1 aromatic heterocycles. The van der Waals surface area contributed by atoms with Gasteiger partial charge in [-0.1, -0.05) is 18.2 Å². The van der Waals surface area contributed by atoms with Gasteiger partial charge in [-0.05, 0) is 54.6 Å². The number of aromatic nitrogens is 3. The van der Waals surface area contributed by atoms with Crippen molar-refractivity contribution in [2.45, 2.75) is 4.90 Å². The lowest BCUT2D eigenvalue weighted by atomic mass is 10.3. The average molecular weight is 455 g/mol. The summed E-state index contributed by atoms with van der Waals surface area (Å²) in [5.41, 5.74) is 1.35. The Morgan fingerprint density at radius 1 is 0.875 bits per heavy atom. The fourth-order valence-electron chi connectivity index (χ4n) is 2.73. The number of hydrogen-bond acceptors (Lipinski definition) is 5. The Balaban J connectivity index is 1.43. The van der Waals surface area contributed by atoms with Gasteiger partial charge >= 0.3 is 0 Å². The molecule has 4 aromatic rings. The second kappa shape index (κ2) is 8.55. The van der Waals surface area contributed by atoms with Crippen LogP contribution >= 0.6 is 0 Å². The number of benzene rings is 3. The molecule has 0 saturated carbocycles. The Morgan fingerprint density at radius 2 is 1.56 bits per heavy atom. The maximum Gasteiger partial charge on any atom is 0.277 e. The lowest BCUT2D eigenvalue weighted by molar-refractivity contribution is 0.102. The SMILES string of the molecule is O=C(Nc1ccc(NS(=O)(=O)c2ccc(F)c(F)c2)cc1)c1cnn(-c2ccccc2)n1. The van der Waals surface area contributed by atoms with Crippen molar-refractivity contribution in [2.75, 3.05) is 10.0 Å². The monoisotopic (exact) mass is 455 g/mol. The van der Waals surface area contributed by atoms with Crippen molar-refractivity contribution in [1.29, 1.82) is 0 Å². The largest absolute Gasteiger partial charge is 0.321 e. The number of para-hydroxylation sites is 1. The highest BCUT2D eigenvalue weighted by molar-refractivity contribution is 7.92. The number of rotatable bonds is 6. The summed E-state index contributed by atoms with van der Waals surface area (Å²) < 4.78 is 53.3. The smallest absolute Gasteiger partial charge is 0.277 e. The van der Waals surface area contributed by atoms with Crippen LogP contribution in [0.2, 0.25) is 0 Å². The molecular formula is C21H15F2N5O3S. The van der Waals surface area contributed by atoms with Crippen LogP contribution in [0.3, 0.4) is 0 Å². The molecule has 0 bridgehead atoms. The van der Waals surface area contributed by atoms with Crippen LogP contribution in [-0.4, -0.2) is 29.3 Å². The number of carbonyl (C=O) groups is 1. The highest BCUT2D eigenvalue weighted by Gasteiger charge is 2.17. The zero-order valence-electron chi connectivity index (χ0n) is 16.2. The summed E-state index contributed by atoms with van der Waals surface area (Å²) in [5, 5.41) is 10.8. The number of amides is 1. The third-order valence-corrected chi connectivity index (χ3v) is 5.69. The van der Waals surface area contributed by atoms with Crippen molar-refractivity contribution in [1.82, 2.24) is 15.0 Å². The molecule has 0 aliphatic carbocycles. The number of anilines is 2. The molecule has 32 heavy (non-hydrogen) atoms. The molecule has 8 nitrogen and oxygen atoms in total. The minimum Gasteiger partial charge on any atom is -0.321 e. The van der Waals surface area contributed by atoms with E-state index in [2.05, 4.69) is 20.2 Å². The highest BCUT2D eigenvalue weighted by Crippen LogP contribution is 2.20. The lowest BCUT2D eigenvalue weighted by Crippen LogP contribution is -2.14. The van der Waals surface area contributed by atoms with Crippen molar-refractivity contribution in [3.05, 3.63) is 96.3 Å². The average Bonchev–Trinajstić information content (AvgIpc) is 3.28. The molecule has 4 rings (SSSR count). The van der Waals surface area contributed by atoms with Crippen molar-refractivity contribution < 1.29 is 22.0 Å². The van der Waals surface area contributed by atoms with Gasteiger partial charge in [-0.15, -0.1) is 5.10 Å². The fourth-order valence-corrected chi connectivity index (χ4v) is 3.80. The minimum absolute atomic E-state index is 0.0944. The molecule has 1 heterocycles. The Kier molecular flexibility index (Phi) is 5.65. The molecule has 0 saturated heterocycles. The van der Waals surface area contributed by atoms with Gasteiger partial charge in [-0.2, -0.15) is 9.90 Å². The topological polar surface area (TPSA) is 106 Å². The van der Waals surface area contributed by atoms with E-state index < -0.39 is 32.5 Å². The van der Waals surface area contributed by atoms with E-state index in [1.807, 2.05) is 18.2 Å². The summed E-state index contributed by atoms with van der Waals surface area (Å²) in [7, 11) is -4.12. The molecule has 0 aliphatic rings. The maximum atomic E-state index is 13.3. The van der Waals surface area contributed by atoms with Gasteiger partial charge in [-0.25, -0.2) is 17.2 Å². The molecule has 1 amide bonds. The minimum atomic E-state index is -4.12. The van der Waals surface area contributed by atoms with Gasteiger partial charge in [0.15, 0.2) is 17.3 Å². The normalized spacial score (nSPS) is 11.2. The van der Waals surface area contributed by atoms with Crippen molar-refractivity contribution in [3.8, 4) is 5.69 Å². The Morgan fingerprint density at radius 3 is 2.25 bits per heavy atom. The summed E-state index contributed by atoms with van der Waals surface area (Å²) in [5.74, 6) is -2.91. The number of nitrogens with zero attached hydrogens (tertiary/aromatic N) is 3. The van der Waals surface area contributed by atoms with Gasteiger partial charge in [-0.3, -0.25) is 9.52 Å². The molecule has 0 radical (unpaired) electrons. The predicted molar refractivity (Wildman–Crippen MR) is 113 cm³/mol. The van der Waals surface area contributed by atoms with Crippen LogP contribution in [0, 0.1) is 11.6 Å². The first-order valence-electron chi connectivity index (χ1n) is 9.19. The fraction of sp³-hybridized carbons (Fsp3) is 0. The van der Waals surface area contributed by atoms with Gasteiger partial charge in [0.05, 0.1) is 16.8 Å². The Hall–Kier alpha value is -4.12. The van der Waals surface area contributed by atoms with E-state index in [0.717, 1.165) is 12.1 Å². The number of sulfonamides is 1. The highest BCUT2D eigenvalue weighted by atomic mass is 32.2. The molecule has 11 heteroatoms. The Bertz CT molecular complexity index is 1370. The quantitative estimate of drug-likeness (QED) is 0.462.